The highest BCUT2D eigenvalue weighted by Gasteiger charge is 2.35. The molecule has 0 aliphatic carbocycles. The number of carbonyl (C=O) groups is 2. The summed E-state index contributed by atoms with van der Waals surface area (Å²) in [5.41, 5.74) is 0.354. The summed E-state index contributed by atoms with van der Waals surface area (Å²) in [5, 5.41) is 12.9. The zero-order chi connectivity index (χ0) is 16.0. The fraction of sp³-hybridized carbons (Fsp3) is 0.438. The van der Waals surface area contributed by atoms with E-state index < -0.39 is 5.97 Å². The number of fused-ring (bicyclic) bond motifs is 4. The molecule has 2 bridgehead atoms. The van der Waals surface area contributed by atoms with Crippen molar-refractivity contribution in [3.05, 3.63) is 28.9 Å². The lowest BCUT2D eigenvalue weighted by atomic mass is 9.84. The normalized spacial score (nSPS) is 26.3. The topological polar surface area (TPSA) is 82.5 Å². The van der Waals surface area contributed by atoms with E-state index in [1.165, 1.54) is 11.3 Å². The largest absolute Gasteiger partial charge is 0.477 e. The summed E-state index contributed by atoms with van der Waals surface area (Å²) in [6, 6.07) is 3.47. The van der Waals surface area contributed by atoms with Gasteiger partial charge in [-0.05, 0) is 44.0 Å². The Labute approximate surface area is 137 Å². The van der Waals surface area contributed by atoms with E-state index >= 15 is 0 Å². The van der Waals surface area contributed by atoms with Crippen molar-refractivity contribution in [2.24, 2.45) is 5.92 Å². The molecule has 23 heavy (non-hydrogen) atoms. The first-order valence-electron chi connectivity index (χ1n) is 7.76. The Bertz CT molecular complexity index is 780. The van der Waals surface area contributed by atoms with E-state index in [-0.39, 0.29) is 16.8 Å². The van der Waals surface area contributed by atoms with Crippen LogP contribution in [0.15, 0.2) is 18.3 Å². The molecule has 5 heterocycles. The van der Waals surface area contributed by atoms with Gasteiger partial charge in [0.25, 0.3) is 5.91 Å². The number of carbonyl (C=O) groups excluding carboxylic acids is 1. The van der Waals surface area contributed by atoms with Crippen LogP contribution in [0.4, 0.5) is 0 Å². The smallest absolute Gasteiger partial charge is 0.345 e. The van der Waals surface area contributed by atoms with Crippen LogP contribution in [0.5, 0.6) is 0 Å². The molecule has 2 aromatic rings. The van der Waals surface area contributed by atoms with E-state index in [4.69, 9.17) is 5.11 Å². The first kappa shape index (κ1) is 14.6. The van der Waals surface area contributed by atoms with Crippen LogP contribution < -0.4 is 5.32 Å². The fourth-order valence-corrected chi connectivity index (χ4v) is 4.44. The Balaban J connectivity index is 1.54. The van der Waals surface area contributed by atoms with Gasteiger partial charge in [0, 0.05) is 28.9 Å². The van der Waals surface area contributed by atoms with Crippen molar-refractivity contribution in [1.29, 1.82) is 0 Å². The van der Waals surface area contributed by atoms with Crippen LogP contribution in [0, 0.1) is 5.92 Å². The maximum absolute atomic E-state index is 12.5. The van der Waals surface area contributed by atoms with E-state index in [1.54, 1.807) is 18.3 Å². The van der Waals surface area contributed by atoms with Crippen molar-refractivity contribution in [3.63, 3.8) is 0 Å². The highest BCUT2D eigenvalue weighted by Crippen LogP contribution is 2.28. The van der Waals surface area contributed by atoms with E-state index in [2.05, 4.69) is 15.2 Å². The van der Waals surface area contributed by atoms with Gasteiger partial charge < -0.3 is 15.3 Å². The molecule has 7 heteroatoms. The molecular weight excluding hydrogens is 314 g/mol. The van der Waals surface area contributed by atoms with Crippen LogP contribution in [0.3, 0.4) is 0 Å². The van der Waals surface area contributed by atoms with E-state index in [9.17, 15) is 9.59 Å². The number of nitrogens with one attached hydrogen (secondary N) is 1. The standard InChI is InChI=1S/C16H17N3O3S/c20-15(18-12-8-19-3-1-9(12)2-4-19)11-6-13-10(7-17-11)5-14(23-13)16(21)22/h5-7,9,12H,1-4,8H2,(H,18,20)(H,21,22)/t12-/m0/s1. The number of aromatic nitrogens is 1. The average molecular weight is 331 g/mol. The number of thiophene rings is 1. The molecule has 0 saturated carbocycles. The van der Waals surface area contributed by atoms with Crippen molar-refractivity contribution >= 4 is 33.3 Å². The maximum Gasteiger partial charge on any atom is 0.345 e. The number of piperidine rings is 3. The third-order valence-electron chi connectivity index (χ3n) is 4.82. The van der Waals surface area contributed by atoms with Gasteiger partial charge in [-0.2, -0.15) is 0 Å². The third-order valence-corrected chi connectivity index (χ3v) is 5.90. The third kappa shape index (κ3) is 2.70. The van der Waals surface area contributed by atoms with Crippen molar-refractivity contribution in [3.8, 4) is 0 Å². The van der Waals surface area contributed by atoms with Crippen molar-refractivity contribution in [1.82, 2.24) is 15.2 Å². The summed E-state index contributed by atoms with van der Waals surface area (Å²) in [4.78, 5) is 30.3. The first-order valence-corrected chi connectivity index (χ1v) is 8.58. The summed E-state index contributed by atoms with van der Waals surface area (Å²) in [6.45, 7) is 3.18. The minimum atomic E-state index is -0.954. The summed E-state index contributed by atoms with van der Waals surface area (Å²) in [5.74, 6) is -0.562. The molecule has 3 saturated heterocycles. The zero-order valence-corrected chi connectivity index (χ0v) is 13.3. The Hall–Kier alpha value is -1.99. The number of hydrogen-bond acceptors (Lipinski definition) is 5. The number of pyridine rings is 1. The molecule has 0 aromatic carbocycles. The maximum atomic E-state index is 12.5. The number of amides is 1. The van der Waals surface area contributed by atoms with Gasteiger partial charge in [0.2, 0.25) is 0 Å². The van der Waals surface area contributed by atoms with Crippen LogP contribution >= 0.6 is 11.3 Å². The first-order chi connectivity index (χ1) is 11.1. The Kier molecular flexibility index (Phi) is 3.54. The van der Waals surface area contributed by atoms with Gasteiger partial charge in [-0.1, -0.05) is 0 Å². The average Bonchev–Trinajstić information content (AvgIpc) is 2.99. The Morgan fingerprint density at radius 1 is 1.30 bits per heavy atom. The summed E-state index contributed by atoms with van der Waals surface area (Å²) in [7, 11) is 0. The van der Waals surface area contributed by atoms with Gasteiger partial charge in [-0.3, -0.25) is 9.78 Å². The second-order valence-corrected chi connectivity index (χ2v) is 7.32. The molecule has 6 nitrogen and oxygen atoms in total. The summed E-state index contributed by atoms with van der Waals surface area (Å²) >= 11 is 1.17. The van der Waals surface area contributed by atoms with Gasteiger partial charge >= 0.3 is 5.97 Å². The van der Waals surface area contributed by atoms with Crippen molar-refractivity contribution in [2.75, 3.05) is 19.6 Å². The van der Waals surface area contributed by atoms with Gasteiger partial charge in [0.15, 0.2) is 0 Å². The van der Waals surface area contributed by atoms with Crippen LogP contribution in [-0.4, -0.2) is 52.5 Å². The molecule has 3 aliphatic heterocycles. The van der Waals surface area contributed by atoms with Gasteiger partial charge in [-0.25, -0.2) is 4.79 Å². The SMILES string of the molecule is O=C(N[C@H]1CN2CCC1CC2)c1cc2sc(C(=O)O)cc2cn1. The van der Waals surface area contributed by atoms with Crippen molar-refractivity contribution < 1.29 is 14.7 Å². The zero-order valence-electron chi connectivity index (χ0n) is 12.5. The molecule has 0 spiro atoms. The highest BCUT2D eigenvalue weighted by atomic mass is 32.1. The fourth-order valence-electron chi connectivity index (χ4n) is 3.53. The molecule has 0 radical (unpaired) electrons. The lowest BCUT2D eigenvalue weighted by Gasteiger charge is -2.44. The quantitative estimate of drug-likeness (QED) is 0.896. The second kappa shape index (κ2) is 5.58. The molecule has 120 valence electrons. The molecule has 0 unspecified atom stereocenters. The van der Waals surface area contributed by atoms with E-state index in [0.29, 0.717) is 11.6 Å². The predicted octanol–water partition coefficient (Wildman–Crippen LogP) is 1.82. The monoisotopic (exact) mass is 331 g/mol. The van der Waals surface area contributed by atoms with Crippen LogP contribution in [-0.2, 0) is 0 Å². The van der Waals surface area contributed by atoms with Crippen LogP contribution in [0.1, 0.15) is 33.0 Å². The van der Waals surface area contributed by atoms with Gasteiger partial charge in [-0.15, -0.1) is 11.3 Å². The molecular formula is C16H17N3O3S. The molecule has 3 aliphatic rings. The molecule has 3 fully saturated rings. The van der Waals surface area contributed by atoms with Crippen molar-refractivity contribution in [2.45, 2.75) is 18.9 Å². The Morgan fingerprint density at radius 3 is 2.74 bits per heavy atom. The number of rotatable bonds is 3. The number of carboxylic acid groups (broad SMARTS) is 1. The molecule has 1 amide bonds. The second-order valence-electron chi connectivity index (χ2n) is 6.24. The van der Waals surface area contributed by atoms with Crippen LogP contribution in [0.25, 0.3) is 10.1 Å². The minimum Gasteiger partial charge on any atom is -0.477 e. The van der Waals surface area contributed by atoms with E-state index in [0.717, 1.165) is 42.6 Å². The number of hydrogen-bond donors (Lipinski definition) is 2. The molecule has 2 N–H and O–H groups in total. The summed E-state index contributed by atoms with van der Waals surface area (Å²) in [6.07, 6.45) is 3.86. The molecule has 2 aromatic heterocycles. The predicted molar refractivity (Wildman–Crippen MR) is 87.0 cm³/mol. The number of nitrogens with zero attached hydrogens (tertiary/aromatic N) is 2. The van der Waals surface area contributed by atoms with Crippen LogP contribution in [0.2, 0.25) is 0 Å². The van der Waals surface area contributed by atoms with Gasteiger partial charge in [0.05, 0.1) is 0 Å². The number of carboxylic acids is 1. The minimum absolute atomic E-state index is 0.170. The van der Waals surface area contributed by atoms with Gasteiger partial charge in [0.1, 0.15) is 10.6 Å². The molecule has 5 rings (SSSR count). The highest BCUT2D eigenvalue weighted by molar-refractivity contribution is 7.20. The van der Waals surface area contributed by atoms with E-state index in [1.807, 2.05) is 0 Å². The lowest BCUT2D eigenvalue weighted by molar-refractivity contribution is 0.0617. The summed E-state index contributed by atoms with van der Waals surface area (Å²) < 4.78 is 0.775. The Morgan fingerprint density at radius 2 is 2.09 bits per heavy atom. The lowest BCUT2D eigenvalue weighted by Crippen LogP contribution is -2.57. The molecule has 1 atom stereocenters. The number of aromatic carboxylic acids is 1.